The Labute approximate surface area is 165 Å². The third kappa shape index (κ3) is 5.77. The van der Waals surface area contributed by atoms with Crippen molar-refractivity contribution < 1.29 is 18.1 Å². The first-order valence-electron chi connectivity index (χ1n) is 9.60. The van der Waals surface area contributed by atoms with Crippen molar-refractivity contribution >= 4 is 14.0 Å². The van der Waals surface area contributed by atoms with E-state index in [4.69, 9.17) is 4.52 Å². The normalized spacial score (nSPS) is 11.0. The lowest BCUT2D eigenvalue weighted by molar-refractivity contribution is 0.0945. The van der Waals surface area contributed by atoms with Gasteiger partial charge in [-0.3, -0.25) is 4.79 Å². The zero-order chi connectivity index (χ0) is 20.6. The van der Waals surface area contributed by atoms with Gasteiger partial charge in [0, 0.05) is 25.5 Å². The quantitative estimate of drug-likeness (QED) is 0.394. The van der Waals surface area contributed by atoms with Crippen LogP contribution in [0.4, 0.5) is 8.78 Å². The molecule has 0 saturated carbocycles. The van der Waals surface area contributed by atoms with Crippen molar-refractivity contribution in [2.75, 3.05) is 6.54 Å². The Morgan fingerprint density at radius 3 is 2.57 bits per heavy atom. The van der Waals surface area contributed by atoms with Gasteiger partial charge in [0.15, 0.2) is 5.69 Å². The van der Waals surface area contributed by atoms with Crippen molar-refractivity contribution in [3.63, 3.8) is 0 Å². The molecule has 0 aliphatic rings. The van der Waals surface area contributed by atoms with Crippen LogP contribution in [0.25, 0.3) is 0 Å². The Kier molecular flexibility index (Phi) is 7.94. The Morgan fingerprint density at radius 2 is 1.89 bits per heavy atom. The molecule has 0 bridgehead atoms. The highest BCUT2D eigenvalue weighted by molar-refractivity contribution is 6.87. The molecule has 1 heterocycles. The lowest BCUT2D eigenvalue weighted by Gasteiger charge is -2.20. The molecule has 4 nitrogen and oxygen atoms in total. The molecule has 1 aromatic heterocycles. The highest BCUT2D eigenvalue weighted by Crippen LogP contribution is 2.18. The predicted octanol–water partition coefficient (Wildman–Crippen LogP) is 4.71. The van der Waals surface area contributed by atoms with Gasteiger partial charge in [-0.05, 0) is 41.9 Å². The summed E-state index contributed by atoms with van der Waals surface area (Å²) in [6.07, 6.45) is 0.604. The Bertz CT molecular complexity index is 859. The molecule has 0 fully saturated rings. The van der Waals surface area contributed by atoms with Crippen molar-refractivity contribution in [1.29, 1.82) is 0 Å². The van der Waals surface area contributed by atoms with Gasteiger partial charge >= 0.3 is 0 Å². The number of carbonyl (C=O) groups excluding carboxylic acids is 1. The van der Waals surface area contributed by atoms with E-state index in [0.29, 0.717) is 18.7 Å². The molecule has 2 rings (SSSR count). The van der Waals surface area contributed by atoms with Crippen molar-refractivity contribution in [3.05, 3.63) is 52.9 Å². The third-order valence-corrected chi connectivity index (χ3v) is 9.85. The van der Waals surface area contributed by atoms with Crippen LogP contribution in [0.2, 0.25) is 18.1 Å². The van der Waals surface area contributed by atoms with Crippen LogP contribution in [0.1, 0.15) is 49.0 Å². The molecule has 0 spiro atoms. The smallest absolute Gasteiger partial charge is 0.273 e. The number of carbonyl (C=O) groups is 1. The van der Waals surface area contributed by atoms with Gasteiger partial charge in [-0.15, -0.1) is 11.5 Å². The Morgan fingerprint density at radius 1 is 1.18 bits per heavy atom. The van der Waals surface area contributed by atoms with E-state index in [1.165, 1.54) is 6.07 Å². The summed E-state index contributed by atoms with van der Waals surface area (Å²) in [6.45, 7) is 7.03. The van der Waals surface area contributed by atoms with E-state index in [1.807, 2.05) is 0 Å². The average molecular weight is 405 g/mol. The van der Waals surface area contributed by atoms with Gasteiger partial charge in [0.2, 0.25) is 0 Å². The number of hydrogen-bond acceptors (Lipinski definition) is 3. The van der Waals surface area contributed by atoms with Crippen molar-refractivity contribution in [2.45, 2.75) is 51.7 Å². The van der Waals surface area contributed by atoms with E-state index in [2.05, 4.69) is 42.7 Å². The second-order valence-electron chi connectivity index (χ2n) is 6.74. The summed E-state index contributed by atoms with van der Waals surface area (Å²) >= 11 is 0. The van der Waals surface area contributed by atoms with Crippen LogP contribution in [0.3, 0.4) is 0 Å². The number of nitrogens with zero attached hydrogens (tertiary/aromatic N) is 1. The maximum Gasteiger partial charge on any atom is 0.273 e. The van der Waals surface area contributed by atoms with Crippen molar-refractivity contribution in [2.24, 2.45) is 0 Å². The van der Waals surface area contributed by atoms with Gasteiger partial charge in [-0.25, -0.2) is 8.78 Å². The first-order valence-corrected chi connectivity index (χ1v) is 12.2. The summed E-state index contributed by atoms with van der Waals surface area (Å²) in [5, 5.41) is 6.46. The lowest BCUT2D eigenvalue weighted by Crippen LogP contribution is -2.29. The number of aromatic nitrogens is 1. The Balaban J connectivity index is 1.88. The van der Waals surface area contributed by atoms with Crippen LogP contribution < -0.4 is 5.32 Å². The van der Waals surface area contributed by atoms with E-state index in [-0.39, 0.29) is 23.6 Å². The number of benzene rings is 1. The molecule has 1 aromatic carbocycles. The van der Waals surface area contributed by atoms with Gasteiger partial charge in [0.25, 0.3) is 5.91 Å². The molecule has 2 aromatic rings. The SMILES string of the molecule is CC[Si](C#CCCNC(=O)c1cc(Cc2cc(F)ccc2F)on1)(CC)CC. The third-order valence-electron chi connectivity index (χ3n) is 5.08. The molecule has 0 radical (unpaired) electrons. The molecule has 28 heavy (non-hydrogen) atoms. The molecule has 150 valence electrons. The molecule has 0 unspecified atom stereocenters. The van der Waals surface area contributed by atoms with Crippen LogP contribution in [0.5, 0.6) is 0 Å². The van der Waals surface area contributed by atoms with Gasteiger partial charge in [0.1, 0.15) is 25.5 Å². The van der Waals surface area contributed by atoms with E-state index in [1.54, 1.807) is 0 Å². The molecular weight excluding hydrogens is 378 g/mol. The number of rotatable bonds is 8. The van der Waals surface area contributed by atoms with Crippen molar-refractivity contribution in [1.82, 2.24) is 10.5 Å². The summed E-state index contributed by atoms with van der Waals surface area (Å²) in [4.78, 5) is 12.2. The fourth-order valence-corrected chi connectivity index (χ4v) is 5.49. The zero-order valence-corrected chi connectivity index (χ0v) is 17.6. The zero-order valence-electron chi connectivity index (χ0n) is 16.6. The van der Waals surface area contributed by atoms with Crippen LogP contribution in [-0.4, -0.2) is 25.7 Å². The standard InChI is InChI=1S/C21H26F2N2O2Si/c1-4-28(5-2,6-3)12-8-7-11-24-21(26)20-15-18(27-25-20)14-16-13-17(22)9-10-19(16)23/h9-10,13,15H,4-7,11,14H2,1-3H3,(H,24,26). The second kappa shape index (κ2) is 10.2. The molecule has 0 aliphatic carbocycles. The minimum atomic E-state index is -1.46. The lowest BCUT2D eigenvalue weighted by atomic mass is 10.1. The van der Waals surface area contributed by atoms with Crippen molar-refractivity contribution in [3.8, 4) is 11.5 Å². The minimum Gasteiger partial charge on any atom is -0.360 e. The molecule has 0 atom stereocenters. The molecule has 0 saturated heterocycles. The minimum absolute atomic E-state index is 0.0209. The van der Waals surface area contributed by atoms with Gasteiger partial charge in [-0.2, -0.15) is 0 Å². The first-order chi connectivity index (χ1) is 13.4. The summed E-state index contributed by atoms with van der Waals surface area (Å²) < 4.78 is 32.0. The van der Waals surface area contributed by atoms with Gasteiger partial charge in [0.05, 0.1) is 0 Å². The monoisotopic (exact) mass is 404 g/mol. The predicted molar refractivity (Wildman–Crippen MR) is 108 cm³/mol. The van der Waals surface area contributed by atoms with Gasteiger partial charge in [-0.1, -0.05) is 25.9 Å². The summed E-state index contributed by atoms with van der Waals surface area (Å²) in [5.41, 5.74) is 3.73. The van der Waals surface area contributed by atoms with E-state index < -0.39 is 19.7 Å². The molecule has 1 N–H and O–H groups in total. The maximum absolute atomic E-state index is 13.7. The highest BCUT2D eigenvalue weighted by atomic mass is 28.3. The second-order valence-corrected chi connectivity index (χ2v) is 11.7. The first kappa shape index (κ1) is 21.8. The van der Waals surface area contributed by atoms with Crippen LogP contribution in [-0.2, 0) is 6.42 Å². The molecule has 7 heteroatoms. The number of nitrogens with one attached hydrogen (secondary N) is 1. The molecule has 0 aliphatic heterocycles. The number of amides is 1. The van der Waals surface area contributed by atoms with Crippen LogP contribution in [0, 0.1) is 23.1 Å². The Hall–Kier alpha value is -2.46. The average Bonchev–Trinajstić information content (AvgIpc) is 3.16. The van der Waals surface area contributed by atoms with E-state index >= 15 is 0 Å². The fraction of sp³-hybridized carbons (Fsp3) is 0.429. The largest absolute Gasteiger partial charge is 0.360 e. The summed E-state index contributed by atoms with van der Waals surface area (Å²) in [7, 11) is -1.46. The van der Waals surface area contributed by atoms with E-state index in [0.717, 1.165) is 36.3 Å². The summed E-state index contributed by atoms with van der Waals surface area (Å²) in [5.74, 6) is 2.06. The molecule has 1 amide bonds. The maximum atomic E-state index is 13.7. The van der Waals surface area contributed by atoms with Crippen LogP contribution >= 0.6 is 0 Å². The number of halogens is 2. The van der Waals surface area contributed by atoms with Gasteiger partial charge < -0.3 is 9.84 Å². The topological polar surface area (TPSA) is 55.1 Å². The van der Waals surface area contributed by atoms with Crippen LogP contribution in [0.15, 0.2) is 28.8 Å². The number of hydrogen-bond donors (Lipinski definition) is 1. The van der Waals surface area contributed by atoms with E-state index in [9.17, 15) is 13.6 Å². The fourth-order valence-electron chi connectivity index (χ4n) is 2.96. The molecular formula is C21H26F2N2O2Si. The highest BCUT2D eigenvalue weighted by Gasteiger charge is 2.23. The summed E-state index contributed by atoms with van der Waals surface area (Å²) in [6, 6.07) is 8.09.